The van der Waals surface area contributed by atoms with Crippen molar-refractivity contribution >= 4 is 17.7 Å². The summed E-state index contributed by atoms with van der Waals surface area (Å²) in [4.78, 5) is 10.6. The number of rotatable bonds is 6. The molecule has 0 bridgehead atoms. The Morgan fingerprint density at radius 1 is 1.48 bits per heavy atom. The summed E-state index contributed by atoms with van der Waals surface area (Å²) in [6.07, 6.45) is 0. The molecule has 0 spiro atoms. The van der Waals surface area contributed by atoms with Crippen molar-refractivity contribution < 1.29 is 19.0 Å². The molecule has 6 nitrogen and oxygen atoms in total. The number of carboxylic acid groups (broad SMARTS) is 1. The standard InChI is InChI=1S/C13H14FN3O3S/c1-3-17-12(15-16-13(17)21-7-11(18)19)8-4-5-9(14)10(6-8)20-2/h4-6H,3,7H2,1-2H3,(H,18,19). The molecule has 1 aromatic carbocycles. The number of hydrogen-bond donors (Lipinski definition) is 1. The van der Waals surface area contributed by atoms with Crippen molar-refractivity contribution in [3.63, 3.8) is 0 Å². The lowest BCUT2D eigenvalue weighted by molar-refractivity contribution is -0.133. The fourth-order valence-electron chi connectivity index (χ4n) is 1.82. The number of carboxylic acids is 1. The maximum atomic E-state index is 13.4. The van der Waals surface area contributed by atoms with E-state index < -0.39 is 11.8 Å². The van der Waals surface area contributed by atoms with Gasteiger partial charge >= 0.3 is 5.97 Å². The second-order valence-electron chi connectivity index (χ2n) is 4.08. The van der Waals surface area contributed by atoms with Crippen LogP contribution < -0.4 is 4.74 Å². The van der Waals surface area contributed by atoms with Crippen LogP contribution in [0.1, 0.15) is 6.92 Å². The first-order valence-electron chi connectivity index (χ1n) is 6.18. The summed E-state index contributed by atoms with van der Waals surface area (Å²) in [5.74, 6) is -0.799. The average Bonchev–Trinajstić information content (AvgIpc) is 2.88. The van der Waals surface area contributed by atoms with Crippen LogP contribution in [0.15, 0.2) is 23.4 Å². The zero-order chi connectivity index (χ0) is 15.4. The van der Waals surface area contributed by atoms with Gasteiger partial charge < -0.3 is 14.4 Å². The molecular weight excluding hydrogens is 297 g/mol. The van der Waals surface area contributed by atoms with E-state index in [2.05, 4.69) is 10.2 Å². The Morgan fingerprint density at radius 3 is 2.86 bits per heavy atom. The van der Waals surface area contributed by atoms with Gasteiger partial charge in [0.05, 0.1) is 12.9 Å². The summed E-state index contributed by atoms with van der Waals surface area (Å²) in [5, 5.41) is 17.3. The topological polar surface area (TPSA) is 77.2 Å². The predicted octanol–water partition coefficient (Wildman–Crippen LogP) is 2.29. The Kier molecular flexibility index (Phi) is 4.79. The van der Waals surface area contributed by atoms with E-state index >= 15 is 0 Å². The van der Waals surface area contributed by atoms with E-state index in [1.165, 1.54) is 19.2 Å². The van der Waals surface area contributed by atoms with Crippen molar-refractivity contribution in [2.75, 3.05) is 12.9 Å². The van der Waals surface area contributed by atoms with Crippen LogP contribution in [0.3, 0.4) is 0 Å². The van der Waals surface area contributed by atoms with Gasteiger partial charge in [-0.15, -0.1) is 10.2 Å². The van der Waals surface area contributed by atoms with Gasteiger partial charge in [-0.3, -0.25) is 4.79 Å². The van der Waals surface area contributed by atoms with E-state index in [9.17, 15) is 9.18 Å². The van der Waals surface area contributed by atoms with E-state index in [4.69, 9.17) is 9.84 Å². The third-order valence-corrected chi connectivity index (χ3v) is 3.72. The summed E-state index contributed by atoms with van der Waals surface area (Å²) in [5.41, 5.74) is 0.657. The normalized spacial score (nSPS) is 10.6. The molecule has 2 aromatic rings. The minimum absolute atomic E-state index is 0.0924. The summed E-state index contributed by atoms with van der Waals surface area (Å²) in [7, 11) is 1.39. The highest BCUT2D eigenvalue weighted by Crippen LogP contribution is 2.28. The zero-order valence-corrected chi connectivity index (χ0v) is 12.4. The second kappa shape index (κ2) is 6.57. The molecule has 1 N–H and O–H groups in total. The first-order valence-corrected chi connectivity index (χ1v) is 7.17. The third-order valence-electron chi connectivity index (χ3n) is 2.77. The number of carbonyl (C=O) groups is 1. The highest BCUT2D eigenvalue weighted by molar-refractivity contribution is 7.99. The number of nitrogens with zero attached hydrogens (tertiary/aromatic N) is 3. The lowest BCUT2D eigenvalue weighted by Gasteiger charge is -2.08. The number of methoxy groups -OCH3 is 1. The molecule has 21 heavy (non-hydrogen) atoms. The molecule has 0 aliphatic carbocycles. The Bertz CT molecular complexity index is 660. The minimum atomic E-state index is -0.921. The SMILES string of the molecule is CCn1c(SCC(=O)O)nnc1-c1ccc(F)c(OC)c1. The van der Waals surface area contributed by atoms with Gasteiger partial charge in [0.25, 0.3) is 0 Å². The van der Waals surface area contributed by atoms with E-state index in [-0.39, 0.29) is 11.5 Å². The van der Waals surface area contributed by atoms with Gasteiger partial charge in [0.15, 0.2) is 22.5 Å². The Hall–Kier alpha value is -2.09. The molecule has 1 heterocycles. The predicted molar refractivity (Wildman–Crippen MR) is 76.0 cm³/mol. The first kappa shape index (κ1) is 15.3. The number of aromatic nitrogens is 3. The average molecular weight is 311 g/mol. The van der Waals surface area contributed by atoms with E-state index in [0.717, 1.165) is 11.8 Å². The van der Waals surface area contributed by atoms with Crippen LogP contribution in [0.5, 0.6) is 5.75 Å². The molecule has 0 saturated carbocycles. The van der Waals surface area contributed by atoms with E-state index in [1.807, 2.05) is 6.92 Å². The highest BCUT2D eigenvalue weighted by Gasteiger charge is 2.15. The lowest BCUT2D eigenvalue weighted by atomic mass is 10.2. The molecule has 0 aliphatic heterocycles. The molecule has 0 aliphatic rings. The summed E-state index contributed by atoms with van der Waals surface area (Å²) < 4.78 is 20.2. The lowest BCUT2D eigenvalue weighted by Crippen LogP contribution is -2.03. The van der Waals surface area contributed by atoms with Crippen molar-refractivity contribution in [1.82, 2.24) is 14.8 Å². The second-order valence-corrected chi connectivity index (χ2v) is 5.02. The van der Waals surface area contributed by atoms with Gasteiger partial charge in [-0.05, 0) is 25.1 Å². The molecule has 1 aromatic heterocycles. The van der Waals surface area contributed by atoms with Crippen molar-refractivity contribution in [3.8, 4) is 17.1 Å². The van der Waals surface area contributed by atoms with Crippen molar-refractivity contribution in [1.29, 1.82) is 0 Å². The smallest absolute Gasteiger partial charge is 0.313 e. The van der Waals surface area contributed by atoms with Gasteiger partial charge in [0.2, 0.25) is 0 Å². The Balaban J connectivity index is 2.37. The van der Waals surface area contributed by atoms with Crippen molar-refractivity contribution in [3.05, 3.63) is 24.0 Å². The highest BCUT2D eigenvalue weighted by atomic mass is 32.2. The minimum Gasteiger partial charge on any atom is -0.494 e. The fraction of sp³-hybridized carbons (Fsp3) is 0.308. The number of halogens is 1. The maximum absolute atomic E-state index is 13.4. The molecule has 2 rings (SSSR count). The van der Waals surface area contributed by atoms with Gasteiger partial charge in [0, 0.05) is 12.1 Å². The van der Waals surface area contributed by atoms with Gasteiger partial charge in [0.1, 0.15) is 0 Å². The quantitative estimate of drug-likeness (QED) is 0.825. The fourth-order valence-corrected chi connectivity index (χ4v) is 2.54. The van der Waals surface area contributed by atoms with Crippen LogP contribution in [-0.2, 0) is 11.3 Å². The first-order chi connectivity index (χ1) is 10.1. The van der Waals surface area contributed by atoms with Crippen molar-refractivity contribution in [2.45, 2.75) is 18.6 Å². The van der Waals surface area contributed by atoms with Crippen LogP contribution in [-0.4, -0.2) is 38.7 Å². The van der Waals surface area contributed by atoms with Crippen LogP contribution in [0, 0.1) is 5.82 Å². The Labute approximate surface area is 124 Å². The summed E-state index contributed by atoms with van der Waals surface area (Å²) in [6.45, 7) is 2.47. The molecule has 0 radical (unpaired) electrons. The largest absolute Gasteiger partial charge is 0.494 e. The van der Waals surface area contributed by atoms with Gasteiger partial charge in [-0.2, -0.15) is 0 Å². The van der Waals surface area contributed by atoms with Crippen LogP contribution >= 0.6 is 11.8 Å². The molecule has 8 heteroatoms. The molecule has 0 fully saturated rings. The molecule has 112 valence electrons. The number of ether oxygens (including phenoxy) is 1. The van der Waals surface area contributed by atoms with Crippen LogP contribution in [0.2, 0.25) is 0 Å². The number of aliphatic carboxylic acids is 1. The maximum Gasteiger partial charge on any atom is 0.313 e. The number of benzene rings is 1. The van der Waals surface area contributed by atoms with E-state index in [0.29, 0.717) is 23.1 Å². The molecule has 0 amide bonds. The summed E-state index contributed by atoms with van der Waals surface area (Å²) in [6, 6.07) is 4.42. The molecule has 0 unspecified atom stereocenters. The van der Waals surface area contributed by atoms with Crippen LogP contribution in [0.25, 0.3) is 11.4 Å². The van der Waals surface area contributed by atoms with E-state index in [1.54, 1.807) is 10.6 Å². The monoisotopic (exact) mass is 311 g/mol. The number of thioether (sulfide) groups is 1. The number of hydrogen-bond acceptors (Lipinski definition) is 5. The zero-order valence-electron chi connectivity index (χ0n) is 11.5. The van der Waals surface area contributed by atoms with Gasteiger partial charge in [-0.1, -0.05) is 11.8 Å². The van der Waals surface area contributed by atoms with Crippen LogP contribution in [0.4, 0.5) is 4.39 Å². The van der Waals surface area contributed by atoms with Crippen molar-refractivity contribution in [2.24, 2.45) is 0 Å². The molecular formula is C13H14FN3O3S. The molecule has 0 saturated heterocycles. The third kappa shape index (κ3) is 3.33. The Morgan fingerprint density at radius 2 is 2.24 bits per heavy atom. The molecule has 0 atom stereocenters. The van der Waals surface area contributed by atoms with Gasteiger partial charge in [-0.25, -0.2) is 4.39 Å². The summed E-state index contributed by atoms with van der Waals surface area (Å²) >= 11 is 1.09.